The van der Waals surface area contributed by atoms with E-state index >= 15 is 0 Å². The summed E-state index contributed by atoms with van der Waals surface area (Å²) >= 11 is 5.10. The van der Waals surface area contributed by atoms with E-state index in [4.69, 9.17) is 26.4 Å². The van der Waals surface area contributed by atoms with Crippen LogP contribution >= 0.6 is 12.2 Å². The SMILES string of the molecule is COc1cc(OC)c(/C=N\n2c(C)n[nH]c2=S)c(OC)c1. The van der Waals surface area contributed by atoms with Gasteiger partial charge in [0.15, 0.2) is 0 Å². The Morgan fingerprint density at radius 3 is 2.24 bits per heavy atom. The minimum absolute atomic E-state index is 0.412. The minimum atomic E-state index is 0.412. The fourth-order valence-corrected chi connectivity index (χ4v) is 2.01. The van der Waals surface area contributed by atoms with Gasteiger partial charge in [0, 0.05) is 12.1 Å². The molecule has 8 heteroatoms. The molecule has 0 aliphatic rings. The van der Waals surface area contributed by atoms with Gasteiger partial charge in [0.05, 0.1) is 33.1 Å². The number of methoxy groups -OCH3 is 3. The highest BCUT2D eigenvalue weighted by molar-refractivity contribution is 7.71. The summed E-state index contributed by atoms with van der Waals surface area (Å²) in [6.07, 6.45) is 1.61. The fraction of sp³-hybridized carbons (Fsp3) is 0.308. The summed E-state index contributed by atoms with van der Waals surface area (Å²) in [5, 5.41) is 11.0. The van der Waals surface area contributed by atoms with Crippen molar-refractivity contribution in [2.75, 3.05) is 21.3 Å². The molecule has 21 heavy (non-hydrogen) atoms. The predicted molar refractivity (Wildman–Crippen MR) is 81.2 cm³/mol. The van der Waals surface area contributed by atoms with Crippen molar-refractivity contribution in [1.82, 2.24) is 14.9 Å². The molecular weight excluding hydrogens is 292 g/mol. The molecule has 0 saturated carbocycles. The van der Waals surface area contributed by atoms with Gasteiger partial charge in [-0.3, -0.25) is 5.10 Å². The van der Waals surface area contributed by atoms with Gasteiger partial charge >= 0.3 is 0 Å². The molecule has 1 aromatic heterocycles. The molecule has 1 aromatic carbocycles. The van der Waals surface area contributed by atoms with E-state index in [9.17, 15) is 0 Å². The monoisotopic (exact) mass is 308 g/mol. The summed E-state index contributed by atoms with van der Waals surface area (Å²) in [6, 6.07) is 3.51. The average Bonchev–Trinajstić information content (AvgIpc) is 2.83. The maximum absolute atomic E-state index is 5.35. The quantitative estimate of drug-likeness (QED) is 0.677. The van der Waals surface area contributed by atoms with E-state index in [1.54, 1.807) is 46.6 Å². The molecule has 0 aliphatic heterocycles. The first-order valence-corrected chi connectivity index (χ1v) is 6.50. The van der Waals surface area contributed by atoms with Crippen molar-refractivity contribution >= 4 is 18.4 Å². The van der Waals surface area contributed by atoms with Crippen LogP contribution in [-0.4, -0.2) is 42.4 Å². The second-order valence-corrected chi connectivity index (χ2v) is 4.46. The molecule has 2 aromatic rings. The summed E-state index contributed by atoms with van der Waals surface area (Å²) in [5.41, 5.74) is 0.684. The standard InChI is InChI=1S/C13H16N4O3S/c1-8-15-16-13(21)17(8)14-7-10-11(19-3)5-9(18-2)6-12(10)20-4/h5-7H,1-4H3,(H,16,21)/b14-7-. The molecule has 7 nitrogen and oxygen atoms in total. The van der Waals surface area contributed by atoms with Crippen LogP contribution in [0.3, 0.4) is 0 Å². The third-order valence-corrected chi connectivity index (χ3v) is 3.13. The number of benzene rings is 1. The van der Waals surface area contributed by atoms with Crippen molar-refractivity contribution < 1.29 is 14.2 Å². The highest BCUT2D eigenvalue weighted by Crippen LogP contribution is 2.32. The lowest BCUT2D eigenvalue weighted by Gasteiger charge is -2.12. The lowest BCUT2D eigenvalue weighted by atomic mass is 10.2. The molecule has 0 spiro atoms. The third-order valence-electron chi connectivity index (χ3n) is 2.87. The summed E-state index contributed by atoms with van der Waals surface area (Å²) in [4.78, 5) is 0. The van der Waals surface area contributed by atoms with Crippen molar-refractivity contribution in [3.63, 3.8) is 0 Å². The Morgan fingerprint density at radius 1 is 1.19 bits per heavy atom. The summed E-state index contributed by atoms with van der Waals surface area (Å²) in [5.74, 6) is 2.46. The maximum Gasteiger partial charge on any atom is 0.216 e. The number of hydrogen-bond donors (Lipinski definition) is 1. The Bertz CT molecular complexity index is 695. The molecule has 0 bridgehead atoms. The number of aryl methyl sites for hydroxylation is 1. The second-order valence-electron chi connectivity index (χ2n) is 4.08. The number of aromatic nitrogens is 3. The molecule has 0 aliphatic carbocycles. The lowest BCUT2D eigenvalue weighted by molar-refractivity contribution is 0.374. The van der Waals surface area contributed by atoms with Crippen LogP contribution in [0.4, 0.5) is 0 Å². The van der Waals surface area contributed by atoms with Gasteiger partial charge in [-0.15, -0.1) is 0 Å². The van der Waals surface area contributed by atoms with Crippen LogP contribution in [0.2, 0.25) is 0 Å². The zero-order valence-corrected chi connectivity index (χ0v) is 13.0. The number of rotatable bonds is 5. The molecule has 0 fully saturated rings. The normalized spacial score (nSPS) is 10.9. The Hall–Kier alpha value is -2.35. The zero-order chi connectivity index (χ0) is 15.4. The number of ether oxygens (including phenoxy) is 3. The number of hydrogen-bond acceptors (Lipinski definition) is 6. The van der Waals surface area contributed by atoms with Crippen LogP contribution in [0.1, 0.15) is 11.4 Å². The van der Waals surface area contributed by atoms with Crippen LogP contribution < -0.4 is 14.2 Å². The van der Waals surface area contributed by atoms with E-state index in [0.717, 1.165) is 0 Å². The van der Waals surface area contributed by atoms with E-state index in [1.165, 1.54) is 4.68 Å². The van der Waals surface area contributed by atoms with Crippen molar-refractivity contribution in [3.05, 3.63) is 28.3 Å². The van der Waals surface area contributed by atoms with Gasteiger partial charge in [-0.05, 0) is 19.1 Å². The van der Waals surface area contributed by atoms with Crippen molar-refractivity contribution in [1.29, 1.82) is 0 Å². The molecule has 0 amide bonds. The summed E-state index contributed by atoms with van der Waals surface area (Å²) < 4.78 is 17.8. The lowest BCUT2D eigenvalue weighted by Crippen LogP contribution is -2.00. The third kappa shape index (κ3) is 3.05. The largest absolute Gasteiger partial charge is 0.496 e. The van der Waals surface area contributed by atoms with Gasteiger partial charge in [0.2, 0.25) is 4.77 Å². The topological polar surface area (TPSA) is 73.7 Å². The first-order valence-electron chi connectivity index (χ1n) is 6.09. The zero-order valence-electron chi connectivity index (χ0n) is 12.2. The smallest absolute Gasteiger partial charge is 0.216 e. The predicted octanol–water partition coefficient (Wildman–Crippen LogP) is 2.16. The van der Waals surface area contributed by atoms with Gasteiger partial charge in [-0.1, -0.05) is 0 Å². The Labute approximate surface area is 127 Å². The van der Waals surface area contributed by atoms with E-state index in [0.29, 0.717) is 33.4 Å². The van der Waals surface area contributed by atoms with Crippen LogP contribution in [0.25, 0.3) is 0 Å². The highest BCUT2D eigenvalue weighted by atomic mass is 32.1. The van der Waals surface area contributed by atoms with Gasteiger partial charge in [0.25, 0.3) is 0 Å². The van der Waals surface area contributed by atoms with Crippen LogP contribution in [0.5, 0.6) is 17.2 Å². The Kier molecular flexibility index (Phi) is 4.59. The van der Waals surface area contributed by atoms with Crippen LogP contribution in [0.15, 0.2) is 17.2 Å². The maximum atomic E-state index is 5.35. The Morgan fingerprint density at radius 2 is 1.81 bits per heavy atom. The second kappa shape index (κ2) is 6.40. The number of H-pyrrole nitrogens is 1. The Balaban J connectivity index is 2.50. The highest BCUT2D eigenvalue weighted by Gasteiger charge is 2.11. The first-order chi connectivity index (χ1) is 10.1. The van der Waals surface area contributed by atoms with E-state index in [2.05, 4.69) is 15.3 Å². The number of nitrogens with zero attached hydrogens (tertiary/aromatic N) is 3. The van der Waals surface area contributed by atoms with Crippen molar-refractivity contribution in [2.24, 2.45) is 5.10 Å². The minimum Gasteiger partial charge on any atom is -0.496 e. The van der Waals surface area contributed by atoms with Gasteiger partial charge < -0.3 is 14.2 Å². The van der Waals surface area contributed by atoms with E-state index in [-0.39, 0.29) is 0 Å². The number of nitrogens with one attached hydrogen (secondary N) is 1. The van der Waals surface area contributed by atoms with Crippen molar-refractivity contribution in [2.45, 2.75) is 6.92 Å². The van der Waals surface area contributed by atoms with Crippen LogP contribution in [0, 0.1) is 11.7 Å². The molecule has 0 atom stereocenters. The van der Waals surface area contributed by atoms with Crippen molar-refractivity contribution in [3.8, 4) is 17.2 Å². The fourth-order valence-electron chi connectivity index (χ4n) is 1.78. The molecule has 1 heterocycles. The molecule has 1 N–H and O–H groups in total. The van der Waals surface area contributed by atoms with Gasteiger partial charge in [-0.25, -0.2) is 0 Å². The molecule has 0 unspecified atom stereocenters. The first kappa shape index (κ1) is 15.0. The molecule has 0 saturated heterocycles. The molecule has 0 radical (unpaired) electrons. The summed E-state index contributed by atoms with van der Waals surface area (Å²) in [7, 11) is 4.72. The average molecular weight is 308 g/mol. The molecular formula is C13H16N4O3S. The van der Waals surface area contributed by atoms with Gasteiger partial charge in [-0.2, -0.15) is 14.9 Å². The van der Waals surface area contributed by atoms with Gasteiger partial charge in [0.1, 0.15) is 23.1 Å². The van der Waals surface area contributed by atoms with E-state index in [1.807, 2.05) is 0 Å². The summed E-state index contributed by atoms with van der Waals surface area (Å²) in [6.45, 7) is 1.80. The van der Waals surface area contributed by atoms with Crippen LogP contribution in [-0.2, 0) is 0 Å². The number of aromatic amines is 1. The molecule has 112 valence electrons. The molecule has 2 rings (SSSR count). The van der Waals surface area contributed by atoms with E-state index < -0.39 is 0 Å².